The Balaban J connectivity index is 1.68. The molecule has 8 heteroatoms. The Labute approximate surface area is 161 Å². The first kappa shape index (κ1) is 19.6. The number of ether oxygens (including phenoxy) is 1. The van der Waals surface area contributed by atoms with Crippen LogP contribution in [0.1, 0.15) is 52.5 Å². The fraction of sp³-hybridized carbons (Fsp3) is 0.350. The number of hydrogen-bond donors (Lipinski definition) is 3. The number of nitrogens with one attached hydrogen (secondary N) is 2. The van der Waals surface area contributed by atoms with Crippen LogP contribution < -0.4 is 21.3 Å². The van der Waals surface area contributed by atoms with E-state index in [1.165, 1.54) is 25.3 Å². The van der Waals surface area contributed by atoms with Crippen molar-refractivity contribution in [2.24, 2.45) is 5.73 Å². The summed E-state index contributed by atoms with van der Waals surface area (Å²) in [4.78, 5) is 38.4. The molecule has 7 nitrogen and oxygen atoms in total. The first-order chi connectivity index (χ1) is 13.4. The van der Waals surface area contributed by atoms with Crippen LogP contribution in [0.2, 0.25) is 0 Å². The number of aryl methyl sites for hydroxylation is 2. The zero-order valence-electron chi connectivity index (χ0n) is 15.5. The molecule has 1 aliphatic rings. The smallest absolute Gasteiger partial charge is 0.261 e. The Bertz CT molecular complexity index is 970. The van der Waals surface area contributed by atoms with E-state index in [0.29, 0.717) is 36.1 Å². The molecular weight excluding hydrogens is 365 g/mol. The maximum atomic E-state index is 13.8. The van der Waals surface area contributed by atoms with Crippen molar-refractivity contribution in [3.63, 3.8) is 0 Å². The van der Waals surface area contributed by atoms with E-state index in [0.717, 1.165) is 6.42 Å². The Morgan fingerprint density at radius 3 is 2.82 bits per heavy atom. The average Bonchev–Trinajstić information content (AvgIpc) is 2.66. The predicted molar refractivity (Wildman–Crippen MR) is 101 cm³/mol. The number of carbonyl (C=O) groups excluding carboxylic acids is 2. The summed E-state index contributed by atoms with van der Waals surface area (Å²) in [6.45, 7) is 0. The van der Waals surface area contributed by atoms with Crippen LogP contribution in [0, 0.1) is 5.82 Å². The second-order valence-corrected chi connectivity index (χ2v) is 6.79. The average molecular weight is 387 g/mol. The highest BCUT2D eigenvalue weighted by molar-refractivity contribution is 5.92. The number of nitrogens with two attached hydrogens (primary N) is 1. The van der Waals surface area contributed by atoms with Crippen LogP contribution in [0.5, 0.6) is 5.75 Å². The van der Waals surface area contributed by atoms with Crippen LogP contribution in [0.4, 0.5) is 4.39 Å². The molecule has 0 radical (unpaired) electrons. The third-order valence-electron chi connectivity index (χ3n) is 4.91. The van der Waals surface area contributed by atoms with Crippen molar-refractivity contribution >= 4 is 11.8 Å². The fourth-order valence-electron chi connectivity index (χ4n) is 3.46. The van der Waals surface area contributed by atoms with Crippen LogP contribution in [-0.4, -0.2) is 23.9 Å². The Kier molecular flexibility index (Phi) is 5.77. The summed E-state index contributed by atoms with van der Waals surface area (Å²) >= 11 is 0. The molecule has 1 heterocycles. The second-order valence-electron chi connectivity index (χ2n) is 6.79. The molecule has 28 heavy (non-hydrogen) atoms. The fourth-order valence-corrected chi connectivity index (χ4v) is 3.46. The van der Waals surface area contributed by atoms with E-state index in [2.05, 4.69) is 10.3 Å². The van der Waals surface area contributed by atoms with Crippen molar-refractivity contribution < 1.29 is 18.7 Å². The molecule has 0 spiro atoms. The first-order valence-electron chi connectivity index (χ1n) is 9.06. The molecule has 2 amide bonds. The number of aromatic nitrogens is 1. The van der Waals surface area contributed by atoms with Crippen molar-refractivity contribution in [3.05, 3.63) is 62.8 Å². The molecule has 1 unspecified atom stereocenters. The van der Waals surface area contributed by atoms with Gasteiger partial charge in [-0.3, -0.25) is 14.4 Å². The van der Waals surface area contributed by atoms with E-state index >= 15 is 0 Å². The molecule has 1 aromatic carbocycles. The third-order valence-corrected chi connectivity index (χ3v) is 4.91. The molecule has 0 bridgehead atoms. The van der Waals surface area contributed by atoms with Gasteiger partial charge in [0, 0.05) is 12.1 Å². The highest BCUT2D eigenvalue weighted by Gasteiger charge is 2.24. The summed E-state index contributed by atoms with van der Waals surface area (Å²) in [5, 5.41) is 2.94. The molecule has 1 aromatic heterocycles. The van der Waals surface area contributed by atoms with Gasteiger partial charge in [-0.1, -0.05) is 6.07 Å². The van der Waals surface area contributed by atoms with Gasteiger partial charge in [-0.05, 0) is 55.0 Å². The Morgan fingerprint density at radius 1 is 1.36 bits per heavy atom. The topological polar surface area (TPSA) is 114 Å². The number of fused-ring (bicyclic) bond motifs is 1. The summed E-state index contributed by atoms with van der Waals surface area (Å²) in [5.41, 5.74) is 6.74. The molecule has 4 N–H and O–H groups in total. The second kappa shape index (κ2) is 8.24. The Morgan fingerprint density at radius 2 is 2.14 bits per heavy atom. The van der Waals surface area contributed by atoms with Crippen molar-refractivity contribution in [2.75, 3.05) is 7.11 Å². The summed E-state index contributed by atoms with van der Waals surface area (Å²) in [6, 6.07) is 5.76. The van der Waals surface area contributed by atoms with Crippen LogP contribution in [0.15, 0.2) is 29.1 Å². The molecule has 3 rings (SSSR count). The predicted octanol–water partition coefficient (Wildman–Crippen LogP) is 1.75. The minimum Gasteiger partial charge on any atom is -0.494 e. The minimum atomic E-state index is -0.804. The summed E-state index contributed by atoms with van der Waals surface area (Å²) in [6.07, 6.45) is 2.73. The number of primary amides is 1. The molecule has 0 saturated heterocycles. The van der Waals surface area contributed by atoms with Gasteiger partial charge in [0.2, 0.25) is 5.91 Å². The lowest BCUT2D eigenvalue weighted by Crippen LogP contribution is -2.34. The quantitative estimate of drug-likeness (QED) is 0.700. The first-order valence-corrected chi connectivity index (χ1v) is 9.06. The van der Waals surface area contributed by atoms with Gasteiger partial charge in [0.25, 0.3) is 11.5 Å². The number of benzene rings is 1. The molecule has 0 fully saturated rings. The SMILES string of the molecule is COc1ccc(CCC(=O)NC2CCCc3[nH]c(=O)c(C(N)=O)cc32)cc1F. The zero-order chi connectivity index (χ0) is 20.3. The van der Waals surface area contributed by atoms with Crippen molar-refractivity contribution in [3.8, 4) is 5.75 Å². The Hall–Kier alpha value is -3.16. The summed E-state index contributed by atoms with van der Waals surface area (Å²) in [7, 11) is 1.39. The van der Waals surface area contributed by atoms with Gasteiger partial charge in [0.05, 0.1) is 13.2 Å². The van der Waals surface area contributed by atoms with E-state index in [1.54, 1.807) is 6.07 Å². The van der Waals surface area contributed by atoms with E-state index < -0.39 is 17.3 Å². The van der Waals surface area contributed by atoms with Gasteiger partial charge in [-0.2, -0.15) is 0 Å². The number of amides is 2. The minimum absolute atomic E-state index is 0.117. The lowest BCUT2D eigenvalue weighted by atomic mass is 9.90. The highest BCUT2D eigenvalue weighted by atomic mass is 19.1. The normalized spacial score (nSPS) is 15.6. The molecular formula is C20H22FN3O4. The largest absolute Gasteiger partial charge is 0.494 e. The van der Waals surface area contributed by atoms with Crippen molar-refractivity contribution in [1.29, 1.82) is 0 Å². The lowest BCUT2D eigenvalue weighted by molar-refractivity contribution is -0.121. The number of aromatic amines is 1. The van der Waals surface area contributed by atoms with Gasteiger partial charge < -0.3 is 20.8 Å². The maximum Gasteiger partial charge on any atom is 0.261 e. The number of halogens is 1. The number of H-pyrrole nitrogens is 1. The van der Waals surface area contributed by atoms with E-state index in [1.807, 2.05) is 0 Å². The molecule has 148 valence electrons. The van der Waals surface area contributed by atoms with E-state index in [-0.39, 0.29) is 29.7 Å². The van der Waals surface area contributed by atoms with Crippen LogP contribution in [0.25, 0.3) is 0 Å². The number of pyridine rings is 1. The van der Waals surface area contributed by atoms with Crippen LogP contribution >= 0.6 is 0 Å². The number of rotatable bonds is 6. The maximum absolute atomic E-state index is 13.8. The van der Waals surface area contributed by atoms with Crippen LogP contribution in [-0.2, 0) is 17.6 Å². The molecule has 1 atom stereocenters. The van der Waals surface area contributed by atoms with Gasteiger partial charge in [0.15, 0.2) is 11.6 Å². The molecule has 1 aliphatic carbocycles. The van der Waals surface area contributed by atoms with Gasteiger partial charge in [-0.25, -0.2) is 4.39 Å². The van der Waals surface area contributed by atoms with Crippen LogP contribution in [0.3, 0.4) is 0 Å². The number of carbonyl (C=O) groups is 2. The number of hydrogen-bond acceptors (Lipinski definition) is 4. The van der Waals surface area contributed by atoms with Gasteiger partial charge >= 0.3 is 0 Å². The third kappa shape index (κ3) is 4.21. The highest BCUT2D eigenvalue weighted by Crippen LogP contribution is 2.28. The molecule has 0 aliphatic heterocycles. The summed E-state index contributed by atoms with van der Waals surface area (Å²) in [5.74, 6) is -1.31. The standard InChI is InChI=1S/C20H22FN3O4/c1-28-17-7-5-11(9-14(17)21)6-8-18(25)23-15-3-2-4-16-12(15)10-13(19(22)26)20(27)24-16/h5,7,9-10,15H,2-4,6,8H2,1H3,(H2,22,26)(H,23,25)(H,24,27). The van der Waals surface area contributed by atoms with Gasteiger partial charge in [-0.15, -0.1) is 0 Å². The van der Waals surface area contributed by atoms with E-state index in [9.17, 15) is 18.8 Å². The van der Waals surface area contributed by atoms with Gasteiger partial charge in [0.1, 0.15) is 5.56 Å². The molecule has 2 aromatic rings. The summed E-state index contributed by atoms with van der Waals surface area (Å²) < 4.78 is 18.6. The molecule has 0 saturated carbocycles. The number of methoxy groups -OCH3 is 1. The monoisotopic (exact) mass is 387 g/mol. The van der Waals surface area contributed by atoms with Crippen molar-refractivity contribution in [1.82, 2.24) is 10.3 Å². The van der Waals surface area contributed by atoms with Crippen molar-refractivity contribution in [2.45, 2.75) is 38.1 Å². The zero-order valence-corrected chi connectivity index (χ0v) is 15.5. The lowest BCUT2D eigenvalue weighted by Gasteiger charge is -2.26. The van der Waals surface area contributed by atoms with E-state index in [4.69, 9.17) is 10.5 Å².